The first-order valence-corrected chi connectivity index (χ1v) is 10.9. The zero-order valence-electron chi connectivity index (χ0n) is 16.4. The number of hydrogen-bond acceptors (Lipinski definition) is 6. The van der Waals surface area contributed by atoms with Gasteiger partial charge in [0.15, 0.2) is 11.0 Å². The van der Waals surface area contributed by atoms with E-state index in [1.165, 1.54) is 11.8 Å². The van der Waals surface area contributed by atoms with Crippen molar-refractivity contribution in [1.29, 1.82) is 0 Å². The van der Waals surface area contributed by atoms with Crippen LogP contribution in [0.1, 0.15) is 20.8 Å². The Bertz CT molecular complexity index is 922. The molecular weight excluding hydrogens is 392 g/mol. The molecule has 0 saturated heterocycles. The fourth-order valence-corrected chi connectivity index (χ4v) is 4.01. The van der Waals surface area contributed by atoms with Crippen LogP contribution < -0.4 is 10.1 Å². The Morgan fingerprint density at radius 2 is 2.00 bits per heavy atom. The molecule has 1 N–H and O–H groups in total. The van der Waals surface area contributed by atoms with Crippen LogP contribution in [-0.2, 0) is 4.79 Å². The Morgan fingerprint density at radius 1 is 1.21 bits per heavy atom. The number of nitrogens with one attached hydrogen (secondary N) is 1. The second-order valence-corrected chi connectivity index (χ2v) is 8.57. The number of benzene rings is 1. The summed E-state index contributed by atoms with van der Waals surface area (Å²) in [6.07, 6.45) is 0. The summed E-state index contributed by atoms with van der Waals surface area (Å²) >= 11 is 2.96. The van der Waals surface area contributed by atoms with E-state index in [0.29, 0.717) is 11.1 Å². The van der Waals surface area contributed by atoms with Crippen molar-refractivity contribution in [1.82, 2.24) is 20.1 Å². The lowest BCUT2D eigenvalue weighted by Gasteiger charge is -2.17. The van der Waals surface area contributed by atoms with Crippen LogP contribution in [0.25, 0.3) is 16.4 Å². The predicted octanol–water partition coefficient (Wildman–Crippen LogP) is 4.26. The van der Waals surface area contributed by atoms with Crippen molar-refractivity contribution < 1.29 is 9.53 Å². The van der Waals surface area contributed by atoms with Gasteiger partial charge >= 0.3 is 0 Å². The lowest BCUT2D eigenvalue weighted by atomic mass is 10.1. The highest BCUT2D eigenvalue weighted by atomic mass is 32.2. The van der Waals surface area contributed by atoms with Gasteiger partial charge in [-0.3, -0.25) is 9.36 Å². The van der Waals surface area contributed by atoms with Gasteiger partial charge in [0.2, 0.25) is 5.91 Å². The van der Waals surface area contributed by atoms with Crippen LogP contribution in [-0.4, -0.2) is 39.6 Å². The highest BCUT2D eigenvalue weighted by Gasteiger charge is 2.20. The van der Waals surface area contributed by atoms with E-state index in [2.05, 4.69) is 29.4 Å². The van der Waals surface area contributed by atoms with Gasteiger partial charge < -0.3 is 10.1 Å². The number of aromatic nitrogens is 3. The summed E-state index contributed by atoms with van der Waals surface area (Å²) in [5.74, 6) is 2.10. The number of thioether (sulfide) groups is 1. The van der Waals surface area contributed by atoms with Crippen LogP contribution in [0, 0.1) is 5.92 Å². The number of rotatable bonds is 8. The minimum atomic E-state index is -0.0153. The van der Waals surface area contributed by atoms with Crippen molar-refractivity contribution in [2.24, 2.45) is 5.92 Å². The molecule has 0 spiro atoms. The van der Waals surface area contributed by atoms with Gasteiger partial charge in [-0.15, -0.1) is 21.5 Å². The summed E-state index contributed by atoms with van der Waals surface area (Å²) in [4.78, 5) is 13.3. The molecule has 3 rings (SSSR count). The molecule has 148 valence electrons. The molecule has 0 bridgehead atoms. The Kier molecular flexibility index (Phi) is 6.74. The Balaban J connectivity index is 1.91. The standard InChI is InChI=1S/C20H24N4O2S2/c1-13(2)14(3)21-18(25)12-28-20-23-22-19(17-10-7-11-27-17)24(20)15-8-5-6-9-16(15)26-4/h5-11,13-14H,12H2,1-4H3,(H,21,25)/t14-/m1/s1. The van der Waals surface area contributed by atoms with Gasteiger partial charge in [-0.05, 0) is 36.4 Å². The quantitative estimate of drug-likeness (QED) is 0.556. The number of hydrogen-bond donors (Lipinski definition) is 1. The normalized spacial score (nSPS) is 12.2. The van der Waals surface area contributed by atoms with Crippen molar-refractivity contribution in [2.45, 2.75) is 32.0 Å². The molecule has 0 aliphatic carbocycles. The largest absolute Gasteiger partial charge is 0.495 e. The van der Waals surface area contributed by atoms with Crippen LogP contribution in [0.5, 0.6) is 5.75 Å². The molecule has 1 atom stereocenters. The van der Waals surface area contributed by atoms with Crippen LogP contribution in [0.3, 0.4) is 0 Å². The molecule has 2 aromatic heterocycles. The lowest BCUT2D eigenvalue weighted by molar-refractivity contribution is -0.119. The molecule has 0 fully saturated rings. The van der Waals surface area contributed by atoms with E-state index in [9.17, 15) is 4.79 Å². The van der Waals surface area contributed by atoms with E-state index >= 15 is 0 Å². The summed E-state index contributed by atoms with van der Waals surface area (Å²) in [6, 6.07) is 11.8. The zero-order chi connectivity index (χ0) is 20.1. The third-order valence-corrected chi connectivity index (χ3v) is 6.22. The molecule has 0 saturated carbocycles. The summed E-state index contributed by atoms with van der Waals surface area (Å²) in [5, 5.41) is 14.4. The lowest BCUT2D eigenvalue weighted by Crippen LogP contribution is -2.37. The van der Waals surface area contributed by atoms with Crippen molar-refractivity contribution in [3.8, 4) is 22.1 Å². The summed E-state index contributed by atoms with van der Waals surface area (Å²) < 4.78 is 7.49. The number of nitrogens with zero attached hydrogens (tertiary/aromatic N) is 3. The first kappa shape index (κ1) is 20.4. The number of carbonyl (C=O) groups excluding carboxylic acids is 1. The number of para-hydroxylation sites is 2. The Labute approximate surface area is 173 Å². The monoisotopic (exact) mass is 416 g/mol. The summed E-state index contributed by atoms with van der Waals surface area (Å²) in [7, 11) is 1.64. The average Bonchev–Trinajstić information content (AvgIpc) is 3.35. The Morgan fingerprint density at radius 3 is 2.68 bits per heavy atom. The number of methoxy groups -OCH3 is 1. The van der Waals surface area contributed by atoms with E-state index in [-0.39, 0.29) is 17.7 Å². The molecule has 8 heteroatoms. The first-order valence-electron chi connectivity index (χ1n) is 9.06. The molecule has 28 heavy (non-hydrogen) atoms. The molecule has 1 amide bonds. The van der Waals surface area contributed by atoms with Crippen LogP contribution >= 0.6 is 23.1 Å². The molecule has 3 aromatic rings. The van der Waals surface area contributed by atoms with E-state index in [1.54, 1.807) is 18.4 Å². The molecular formula is C20H24N4O2S2. The fraction of sp³-hybridized carbons (Fsp3) is 0.350. The van der Waals surface area contributed by atoms with Crippen molar-refractivity contribution in [3.05, 3.63) is 41.8 Å². The van der Waals surface area contributed by atoms with E-state index in [0.717, 1.165) is 22.1 Å². The van der Waals surface area contributed by atoms with Crippen LogP contribution in [0.4, 0.5) is 0 Å². The van der Waals surface area contributed by atoms with Gasteiger partial charge in [0, 0.05) is 6.04 Å². The van der Waals surface area contributed by atoms with Gasteiger partial charge in [-0.2, -0.15) is 0 Å². The number of ether oxygens (including phenoxy) is 1. The summed E-state index contributed by atoms with van der Waals surface area (Å²) in [6.45, 7) is 6.19. The minimum Gasteiger partial charge on any atom is -0.495 e. The smallest absolute Gasteiger partial charge is 0.230 e. The second-order valence-electron chi connectivity index (χ2n) is 6.68. The van der Waals surface area contributed by atoms with Crippen molar-refractivity contribution in [3.63, 3.8) is 0 Å². The molecule has 0 aliphatic heterocycles. The minimum absolute atomic E-state index is 0.0153. The number of carbonyl (C=O) groups is 1. The highest BCUT2D eigenvalue weighted by Crippen LogP contribution is 2.33. The Hall–Kier alpha value is -2.32. The molecule has 0 radical (unpaired) electrons. The van der Waals surface area contributed by atoms with Gasteiger partial charge in [-0.25, -0.2) is 0 Å². The molecule has 1 aromatic carbocycles. The average molecular weight is 417 g/mol. The van der Waals surface area contributed by atoms with Gasteiger partial charge in [0.25, 0.3) is 0 Å². The maximum atomic E-state index is 12.3. The topological polar surface area (TPSA) is 69.0 Å². The molecule has 0 aliphatic rings. The molecule has 6 nitrogen and oxygen atoms in total. The second kappa shape index (κ2) is 9.25. The van der Waals surface area contributed by atoms with Crippen molar-refractivity contribution in [2.75, 3.05) is 12.9 Å². The van der Waals surface area contributed by atoms with Gasteiger partial charge in [0.1, 0.15) is 5.75 Å². The molecule has 2 heterocycles. The third-order valence-electron chi connectivity index (χ3n) is 4.42. The molecule has 0 unspecified atom stereocenters. The maximum absolute atomic E-state index is 12.3. The number of amides is 1. The summed E-state index contributed by atoms with van der Waals surface area (Å²) in [5.41, 5.74) is 0.844. The first-order chi connectivity index (χ1) is 13.5. The maximum Gasteiger partial charge on any atom is 0.230 e. The van der Waals surface area contributed by atoms with Crippen molar-refractivity contribution >= 4 is 29.0 Å². The third kappa shape index (κ3) is 4.56. The fourth-order valence-electron chi connectivity index (χ4n) is 2.55. The highest BCUT2D eigenvalue weighted by molar-refractivity contribution is 7.99. The van der Waals surface area contributed by atoms with Crippen LogP contribution in [0.2, 0.25) is 0 Å². The predicted molar refractivity (Wildman–Crippen MR) is 114 cm³/mol. The van der Waals surface area contributed by atoms with E-state index in [4.69, 9.17) is 4.74 Å². The van der Waals surface area contributed by atoms with Crippen LogP contribution in [0.15, 0.2) is 46.9 Å². The number of thiophene rings is 1. The zero-order valence-corrected chi connectivity index (χ0v) is 18.0. The van der Waals surface area contributed by atoms with E-state index < -0.39 is 0 Å². The van der Waals surface area contributed by atoms with Gasteiger partial charge in [0.05, 0.1) is 23.4 Å². The SMILES string of the molecule is COc1ccccc1-n1c(SCC(=O)N[C@H](C)C(C)C)nnc1-c1cccs1. The van der Waals surface area contributed by atoms with E-state index in [1.807, 2.05) is 53.3 Å². The van der Waals surface area contributed by atoms with Gasteiger partial charge in [-0.1, -0.05) is 43.8 Å².